The molecule has 12 nitrogen and oxygen atoms in total. The summed E-state index contributed by atoms with van der Waals surface area (Å²) in [5.41, 5.74) is 7.55. The molecular weight excluding hydrogens is 488 g/mol. The molecule has 0 fully saturated rings. The number of azo groups is 1. The van der Waals surface area contributed by atoms with E-state index in [9.17, 15) is 19.2 Å². The van der Waals surface area contributed by atoms with E-state index in [0.29, 0.717) is 16.3 Å². The van der Waals surface area contributed by atoms with Crippen LogP contribution in [0.3, 0.4) is 0 Å². The lowest BCUT2D eigenvalue weighted by atomic mass is 10.1. The molecule has 192 valence electrons. The topological polar surface area (TPSA) is 196 Å². The number of amides is 2. The van der Waals surface area contributed by atoms with Crippen molar-refractivity contribution in [3.05, 3.63) is 48.5 Å². The van der Waals surface area contributed by atoms with Crippen LogP contribution in [0.4, 0.5) is 17.1 Å². The largest absolute Gasteiger partial charge is 0.480 e. The van der Waals surface area contributed by atoms with Gasteiger partial charge in [-0.3, -0.25) is 19.2 Å². The van der Waals surface area contributed by atoms with Gasteiger partial charge in [0, 0.05) is 29.8 Å². The van der Waals surface area contributed by atoms with E-state index in [2.05, 4.69) is 26.2 Å². The fourth-order valence-corrected chi connectivity index (χ4v) is 3.80. The maximum Gasteiger partial charge on any atom is 0.322 e. The third kappa shape index (κ3) is 9.72. The smallest absolute Gasteiger partial charge is 0.322 e. The molecule has 36 heavy (non-hydrogen) atoms. The van der Waals surface area contributed by atoms with Crippen LogP contribution in [-0.4, -0.2) is 65.4 Å². The summed E-state index contributed by atoms with van der Waals surface area (Å²) >= 11 is 1.22. The highest BCUT2D eigenvalue weighted by Crippen LogP contribution is 2.31. The molecule has 0 saturated carbocycles. The molecule has 0 spiro atoms. The van der Waals surface area contributed by atoms with Crippen molar-refractivity contribution in [2.45, 2.75) is 29.8 Å². The van der Waals surface area contributed by atoms with Crippen molar-refractivity contribution in [1.82, 2.24) is 10.6 Å². The van der Waals surface area contributed by atoms with Crippen molar-refractivity contribution >= 4 is 52.6 Å². The Hall–Kier alpha value is -3.97. The molecule has 2 amide bonds. The van der Waals surface area contributed by atoms with E-state index in [1.165, 1.54) is 11.8 Å². The zero-order valence-corrected chi connectivity index (χ0v) is 20.3. The number of nitrogens with one attached hydrogen (secondary N) is 3. The van der Waals surface area contributed by atoms with Crippen LogP contribution < -0.4 is 21.7 Å². The SMILES string of the molecule is CNc1ccc(N=Nc2ccccc2SC[C@H](NC(=O)CC[C@H](N)C(=O)O)C(=O)NCC(=O)O)cc1. The summed E-state index contributed by atoms with van der Waals surface area (Å²) in [6.07, 6.45) is -0.325. The quantitative estimate of drug-likeness (QED) is 0.161. The number of carbonyl (C=O) groups is 4. The van der Waals surface area contributed by atoms with Crippen molar-refractivity contribution in [3.63, 3.8) is 0 Å². The molecule has 0 aromatic heterocycles. The summed E-state index contributed by atoms with van der Waals surface area (Å²) < 4.78 is 0. The molecule has 0 radical (unpaired) electrons. The van der Waals surface area contributed by atoms with Crippen LogP contribution >= 0.6 is 11.8 Å². The molecule has 2 aromatic rings. The monoisotopic (exact) mass is 516 g/mol. The van der Waals surface area contributed by atoms with Gasteiger partial charge in [-0.15, -0.1) is 16.9 Å². The molecule has 7 N–H and O–H groups in total. The minimum atomic E-state index is -1.24. The number of anilines is 1. The zero-order valence-electron chi connectivity index (χ0n) is 19.5. The average Bonchev–Trinajstić information content (AvgIpc) is 2.87. The molecule has 13 heteroatoms. The number of carbonyl (C=O) groups excluding carboxylic acids is 2. The fourth-order valence-electron chi connectivity index (χ4n) is 2.79. The number of aliphatic carboxylic acids is 2. The fraction of sp³-hybridized carbons (Fsp3) is 0.304. The van der Waals surface area contributed by atoms with Gasteiger partial charge in [0.1, 0.15) is 18.6 Å². The molecule has 0 saturated heterocycles. The van der Waals surface area contributed by atoms with Crippen LogP contribution in [0, 0.1) is 0 Å². The Morgan fingerprint density at radius 3 is 2.36 bits per heavy atom. The van der Waals surface area contributed by atoms with Crippen molar-refractivity contribution in [2.24, 2.45) is 16.0 Å². The van der Waals surface area contributed by atoms with Gasteiger partial charge < -0.3 is 31.9 Å². The van der Waals surface area contributed by atoms with Gasteiger partial charge in [-0.25, -0.2) is 0 Å². The van der Waals surface area contributed by atoms with E-state index in [0.717, 1.165) is 5.69 Å². The molecule has 0 aliphatic rings. The Kier molecular flexibility index (Phi) is 11.3. The van der Waals surface area contributed by atoms with Crippen LogP contribution in [0.5, 0.6) is 0 Å². The molecule has 2 atom stereocenters. The standard InChI is InChI=1S/C23H28N6O6S/c1-25-14-6-8-15(9-7-14)28-29-17-4-2-3-5-19(17)36-13-18(22(33)26-12-21(31)32)27-20(30)11-10-16(24)23(34)35/h2-9,16,18,25H,10-13,24H2,1H3,(H,26,33)(H,27,30)(H,31,32)(H,34,35)/t16-,18-/m0/s1. The Morgan fingerprint density at radius 2 is 1.72 bits per heavy atom. The molecule has 0 bridgehead atoms. The second-order valence-corrected chi connectivity index (χ2v) is 8.55. The number of hydrogen-bond acceptors (Lipinski definition) is 9. The summed E-state index contributed by atoms with van der Waals surface area (Å²) in [5, 5.41) is 34.0. The molecular formula is C23H28N6O6S. The van der Waals surface area contributed by atoms with Crippen LogP contribution in [0.25, 0.3) is 0 Å². The van der Waals surface area contributed by atoms with Gasteiger partial charge in [0.2, 0.25) is 11.8 Å². The van der Waals surface area contributed by atoms with Crippen LogP contribution in [0.1, 0.15) is 12.8 Å². The number of nitrogens with two attached hydrogens (primary N) is 1. The van der Waals surface area contributed by atoms with Gasteiger partial charge >= 0.3 is 11.9 Å². The van der Waals surface area contributed by atoms with E-state index < -0.39 is 42.4 Å². The predicted octanol–water partition coefficient (Wildman–Crippen LogP) is 2.11. The lowest BCUT2D eigenvalue weighted by Crippen LogP contribution is -2.49. The van der Waals surface area contributed by atoms with Crippen LogP contribution in [-0.2, 0) is 19.2 Å². The number of benzene rings is 2. The highest BCUT2D eigenvalue weighted by molar-refractivity contribution is 7.99. The zero-order chi connectivity index (χ0) is 26.5. The van der Waals surface area contributed by atoms with Gasteiger partial charge in [-0.05, 0) is 42.8 Å². The summed E-state index contributed by atoms with van der Waals surface area (Å²) in [6, 6.07) is 12.1. The molecule has 0 heterocycles. The van der Waals surface area contributed by atoms with Gasteiger partial charge in [0.25, 0.3) is 0 Å². The van der Waals surface area contributed by atoms with Gasteiger partial charge in [0.05, 0.1) is 11.4 Å². The molecule has 0 aliphatic carbocycles. The predicted molar refractivity (Wildman–Crippen MR) is 135 cm³/mol. The lowest BCUT2D eigenvalue weighted by Gasteiger charge is -2.18. The van der Waals surface area contributed by atoms with Gasteiger partial charge in [-0.1, -0.05) is 12.1 Å². The maximum absolute atomic E-state index is 12.5. The van der Waals surface area contributed by atoms with E-state index in [4.69, 9.17) is 15.9 Å². The molecule has 0 aliphatic heterocycles. The van der Waals surface area contributed by atoms with Crippen molar-refractivity contribution in [1.29, 1.82) is 0 Å². The van der Waals surface area contributed by atoms with E-state index in [-0.39, 0.29) is 18.6 Å². The minimum absolute atomic E-state index is 0.0611. The highest BCUT2D eigenvalue weighted by atomic mass is 32.2. The Morgan fingerprint density at radius 1 is 1.03 bits per heavy atom. The van der Waals surface area contributed by atoms with E-state index >= 15 is 0 Å². The Bertz CT molecular complexity index is 1090. The first kappa shape index (κ1) is 28.3. The first-order valence-electron chi connectivity index (χ1n) is 10.9. The van der Waals surface area contributed by atoms with Gasteiger partial charge in [-0.2, -0.15) is 5.11 Å². The van der Waals surface area contributed by atoms with Crippen molar-refractivity contribution in [3.8, 4) is 0 Å². The molecule has 0 unspecified atom stereocenters. The summed E-state index contributed by atoms with van der Waals surface area (Å²) in [5.74, 6) is -3.68. The first-order valence-corrected chi connectivity index (χ1v) is 11.9. The van der Waals surface area contributed by atoms with E-state index in [1.54, 1.807) is 36.4 Å². The summed E-state index contributed by atoms with van der Waals surface area (Å²) in [7, 11) is 1.81. The Balaban J connectivity index is 2.09. The Labute approximate surface area is 211 Å². The number of nitrogens with zero attached hydrogens (tertiary/aromatic N) is 2. The molecule has 2 aromatic carbocycles. The average molecular weight is 517 g/mol. The second-order valence-electron chi connectivity index (χ2n) is 7.49. The van der Waals surface area contributed by atoms with Crippen molar-refractivity contribution in [2.75, 3.05) is 24.7 Å². The third-order valence-electron chi connectivity index (χ3n) is 4.77. The van der Waals surface area contributed by atoms with Crippen molar-refractivity contribution < 1.29 is 29.4 Å². The number of carboxylic acid groups (broad SMARTS) is 2. The lowest BCUT2D eigenvalue weighted by molar-refractivity contribution is -0.139. The summed E-state index contributed by atoms with van der Waals surface area (Å²) in [6.45, 7) is -0.614. The number of hydrogen-bond donors (Lipinski definition) is 6. The third-order valence-corrected chi connectivity index (χ3v) is 5.92. The number of rotatable bonds is 14. The minimum Gasteiger partial charge on any atom is -0.480 e. The highest BCUT2D eigenvalue weighted by Gasteiger charge is 2.23. The second kappa shape index (κ2) is 14.4. The van der Waals surface area contributed by atoms with Gasteiger partial charge in [0.15, 0.2) is 0 Å². The summed E-state index contributed by atoms with van der Waals surface area (Å²) in [4.78, 5) is 47.2. The normalized spacial score (nSPS) is 12.5. The number of carboxylic acids is 2. The van der Waals surface area contributed by atoms with E-state index in [1.807, 2.05) is 19.2 Å². The number of thioether (sulfide) groups is 1. The maximum atomic E-state index is 12.5. The molecule has 2 rings (SSSR count). The van der Waals surface area contributed by atoms with Crippen LogP contribution in [0.15, 0.2) is 63.7 Å². The van der Waals surface area contributed by atoms with Crippen LogP contribution in [0.2, 0.25) is 0 Å². The first-order chi connectivity index (χ1) is 17.2.